The van der Waals surface area contributed by atoms with Crippen LogP contribution in [0.3, 0.4) is 0 Å². The second kappa shape index (κ2) is 6.10. The molecule has 0 aromatic heterocycles. The molecular formula is C18H18O3. The molecule has 1 fully saturated rings. The van der Waals surface area contributed by atoms with E-state index in [1.54, 1.807) is 0 Å². The molecule has 0 saturated carbocycles. The SMILES string of the molecule is C=C(C(=O)OCC1CCCO1)c1cccc2ccccc12. The van der Waals surface area contributed by atoms with Crippen molar-refractivity contribution in [1.82, 2.24) is 0 Å². The van der Waals surface area contributed by atoms with Crippen LogP contribution in [0.2, 0.25) is 0 Å². The van der Waals surface area contributed by atoms with Gasteiger partial charge in [-0.1, -0.05) is 49.0 Å². The first-order valence-corrected chi connectivity index (χ1v) is 7.21. The largest absolute Gasteiger partial charge is 0.459 e. The van der Waals surface area contributed by atoms with E-state index < -0.39 is 0 Å². The van der Waals surface area contributed by atoms with E-state index in [0.717, 1.165) is 35.8 Å². The quantitative estimate of drug-likeness (QED) is 0.635. The maximum absolute atomic E-state index is 12.2. The van der Waals surface area contributed by atoms with Gasteiger partial charge in [0.15, 0.2) is 0 Å². The zero-order chi connectivity index (χ0) is 14.7. The Morgan fingerprint density at radius 1 is 1.24 bits per heavy atom. The summed E-state index contributed by atoms with van der Waals surface area (Å²) in [5, 5.41) is 2.10. The predicted molar refractivity (Wildman–Crippen MR) is 82.9 cm³/mol. The molecule has 1 saturated heterocycles. The average Bonchev–Trinajstić information content (AvgIpc) is 3.05. The summed E-state index contributed by atoms with van der Waals surface area (Å²) in [6, 6.07) is 13.8. The Morgan fingerprint density at radius 2 is 2.05 bits per heavy atom. The van der Waals surface area contributed by atoms with Crippen molar-refractivity contribution >= 4 is 22.3 Å². The van der Waals surface area contributed by atoms with Crippen LogP contribution >= 0.6 is 0 Å². The third kappa shape index (κ3) is 2.98. The minimum Gasteiger partial charge on any atom is -0.459 e. The summed E-state index contributed by atoms with van der Waals surface area (Å²) in [5.41, 5.74) is 1.22. The van der Waals surface area contributed by atoms with E-state index in [2.05, 4.69) is 6.58 Å². The lowest BCUT2D eigenvalue weighted by Crippen LogP contribution is -2.18. The molecule has 1 atom stereocenters. The number of carbonyl (C=O) groups is 1. The molecule has 0 spiro atoms. The molecule has 1 heterocycles. The normalized spacial score (nSPS) is 17.8. The lowest BCUT2D eigenvalue weighted by atomic mass is 9.99. The molecular weight excluding hydrogens is 264 g/mol. The maximum Gasteiger partial charge on any atom is 0.338 e. The molecule has 0 aliphatic carbocycles. The van der Waals surface area contributed by atoms with E-state index in [-0.39, 0.29) is 12.1 Å². The van der Waals surface area contributed by atoms with Crippen molar-refractivity contribution in [2.24, 2.45) is 0 Å². The number of hydrogen-bond acceptors (Lipinski definition) is 3. The number of hydrogen-bond donors (Lipinski definition) is 0. The average molecular weight is 282 g/mol. The summed E-state index contributed by atoms with van der Waals surface area (Å²) < 4.78 is 10.8. The van der Waals surface area contributed by atoms with Crippen molar-refractivity contribution in [3.8, 4) is 0 Å². The molecule has 1 aliphatic rings. The van der Waals surface area contributed by atoms with Crippen molar-refractivity contribution in [2.75, 3.05) is 13.2 Å². The topological polar surface area (TPSA) is 35.5 Å². The molecule has 3 heteroatoms. The van der Waals surface area contributed by atoms with Gasteiger partial charge in [0.2, 0.25) is 0 Å². The zero-order valence-electron chi connectivity index (χ0n) is 11.9. The Labute approximate surface area is 124 Å². The Morgan fingerprint density at radius 3 is 2.86 bits per heavy atom. The molecule has 0 radical (unpaired) electrons. The molecule has 2 aromatic carbocycles. The van der Waals surface area contributed by atoms with Gasteiger partial charge in [-0.25, -0.2) is 4.79 Å². The summed E-state index contributed by atoms with van der Waals surface area (Å²) in [6.07, 6.45) is 2.02. The van der Waals surface area contributed by atoms with Crippen LogP contribution in [0.1, 0.15) is 18.4 Å². The molecule has 1 unspecified atom stereocenters. The fraction of sp³-hybridized carbons (Fsp3) is 0.278. The van der Waals surface area contributed by atoms with Gasteiger partial charge in [0.05, 0.1) is 11.7 Å². The van der Waals surface area contributed by atoms with Gasteiger partial charge in [-0.3, -0.25) is 0 Å². The van der Waals surface area contributed by atoms with Crippen LogP contribution in [0, 0.1) is 0 Å². The second-order valence-electron chi connectivity index (χ2n) is 5.24. The molecule has 3 rings (SSSR count). The van der Waals surface area contributed by atoms with E-state index in [1.807, 2.05) is 42.5 Å². The highest BCUT2D eigenvalue weighted by Gasteiger charge is 2.19. The molecule has 3 nitrogen and oxygen atoms in total. The van der Waals surface area contributed by atoms with Crippen LogP contribution in [0.25, 0.3) is 16.3 Å². The van der Waals surface area contributed by atoms with Crippen LogP contribution in [0.4, 0.5) is 0 Å². The fourth-order valence-electron chi connectivity index (χ4n) is 2.63. The molecule has 21 heavy (non-hydrogen) atoms. The minimum absolute atomic E-state index is 0.0364. The Balaban J connectivity index is 1.75. The fourth-order valence-corrected chi connectivity index (χ4v) is 2.63. The predicted octanol–water partition coefficient (Wildman–Crippen LogP) is 3.58. The summed E-state index contributed by atoms with van der Waals surface area (Å²) in [7, 11) is 0. The van der Waals surface area contributed by atoms with Gasteiger partial charge in [-0.05, 0) is 29.2 Å². The van der Waals surface area contributed by atoms with E-state index in [1.165, 1.54) is 0 Å². The second-order valence-corrected chi connectivity index (χ2v) is 5.24. The van der Waals surface area contributed by atoms with E-state index in [0.29, 0.717) is 12.2 Å². The smallest absolute Gasteiger partial charge is 0.338 e. The van der Waals surface area contributed by atoms with Crippen LogP contribution in [0.5, 0.6) is 0 Å². The van der Waals surface area contributed by atoms with E-state index >= 15 is 0 Å². The summed E-state index contributed by atoms with van der Waals surface area (Å²) >= 11 is 0. The maximum atomic E-state index is 12.2. The van der Waals surface area contributed by atoms with Crippen molar-refractivity contribution in [2.45, 2.75) is 18.9 Å². The van der Waals surface area contributed by atoms with Crippen LogP contribution in [0.15, 0.2) is 49.0 Å². The molecule has 1 aliphatic heterocycles. The van der Waals surface area contributed by atoms with Crippen molar-refractivity contribution in [3.05, 3.63) is 54.6 Å². The number of ether oxygens (including phenoxy) is 2. The van der Waals surface area contributed by atoms with Gasteiger partial charge in [0.1, 0.15) is 6.61 Å². The minimum atomic E-state index is -0.373. The van der Waals surface area contributed by atoms with Gasteiger partial charge in [-0.15, -0.1) is 0 Å². The number of carbonyl (C=O) groups excluding carboxylic acids is 1. The zero-order valence-corrected chi connectivity index (χ0v) is 11.9. The van der Waals surface area contributed by atoms with Gasteiger partial charge in [-0.2, -0.15) is 0 Å². The van der Waals surface area contributed by atoms with E-state index in [9.17, 15) is 4.79 Å². The molecule has 2 aromatic rings. The number of benzene rings is 2. The molecule has 0 amide bonds. The van der Waals surface area contributed by atoms with Gasteiger partial charge >= 0.3 is 5.97 Å². The van der Waals surface area contributed by atoms with Crippen molar-refractivity contribution in [1.29, 1.82) is 0 Å². The third-order valence-corrected chi connectivity index (χ3v) is 3.79. The summed E-state index contributed by atoms with van der Waals surface area (Å²) in [4.78, 5) is 12.2. The molecule has 0 N–H and O–H groups in total. The Kier molecular flexibility index (Phi) is 4.02. The standard InChI is InChI=1S/C18H18O3/c1-13(18(19)21-12-15-8-5-11-20-15)16-10-4-7-14-6-2-3-9-17(14)16/h2-4,6-7,9-10,15H,1,5,8,11-12H2. The molecule has 0 bridgehead atoms. The first-order valence-electron chi connectivity index (χ1n) is 7.21. The Hall–Kier alpha value is -2.13. The number of esters is 1. The van der Waals surface area contributed by atoms with Crippen LogP contribution < -0.4 is 0 Å². The van der Waals surface area contributed by atoms with Crippen molar-refractivity contribution in [3.63, 3.8) is 0 Å². The van der Waals surface area contributed by atoms with Gasteiger partial charge in [0.25, 0.3) is 0 Å². The number of rotatable bonds is 4. The third-order valence-electron chi connectivity index (χ3n) is 3.79. The van der Waals surface area contributed by atoms with Gasteiger partial charge < -0.3 is 9.47 Å². The Bertz CT molecular complexity index is 664. The lowest BCUT2D eigenvalue weighted by Gasteiger charge is -2.12. The number of fused-ring (bicyclic) bond motifs is 1. The molecule has 108 valence electrons. The summed E-state index contributed by atoms with van der Waals surface area (Å²) in [5.74, 6) is -0.373. The monoisotopic (exact) mass is 282 g/mol. The highest BCUT2D eigenvalue weighted by Crippen LogP contribution is 2.25. The first kappa shape index (κ1) is 13.8. The van der Waals surface area contributed by atoms with E-state index in [4.69, 9.17) is 9.47 Å². The highest BCUT2D eigenvalue weighted by molar-refractivity contribution is 6.19. The van der Waals surface area contributed by atoms with Crippen molar-refractivity contribution < 1.29 is 14.3 Å². The van der Waals surface area contributed by atoms with Gasteiger partial charge in [0, 0.05) is 6.61 Å². The van der Waals surface area contributed by atoms with Crippen LogP contribution in [-0.4, -0.2) is 25.3 Å². The van der Waals surface area contributed by atoms with Crippen LogP contribution in [-0.2, 0) is 14.3 Å². The lowest BCUT2D eigenvalue weighted by molar-refractivity contribution is -0.139. The highest BCUT2D eigenvalue weighted by atomic mass is 16.6. The summed E-state index contributed by atoms with van der Waals surface area (Å²) in [6.45, 7) is 4.97. The first-order chi connectivity index (χ1) is 10.3.